The van der Waals surface area contributed by atoms with Gasteiger partial charge in [0.15, 0.2) is 0 Å². The minimum absolute atomic E-state index is 0.00291. The van der Waals surface area contributed by atoms with Gasteiger partial charge in [0.2, 0.25) is 5.91 Å². The first-order valence-corrected chi connectivity index (χ1v) is 11.1. The summed E-state index contributed by atoms with van der Waals surface area (Å²) in [5.74, 6) is 0.162. The molecule has 1 aliphatic heterocycles. The van der Waals surface area contributed by atoms with Gasteiger partial charge in [-0.05, 0) is 35.4 Å². The average Bonchev–Trinajstić information content (AvgIpc) is 3.34. The van der Waals surface area contributed by atoms with Crippen LogP contribution in [-0.2, 0) is 14.9 Å². The van der Waals surface area contributed by atoms with E-state index in [4.69, 9.17) is 4.74 Å². The lowest BCUT2D eigenvalue weighted by Gasteiger charge is -2.36. The van der Waals surface area contributed by atoms with Gasteiger partial charge in [-0.25, -0.2) is 0 Å². The molecule has 29 heavy (non-hydrogen) atoms. The standard InChI is InChI=1S/C25H27NO2S/c27-24(26-19-25(13-15-28-16-14-25)23-12-7-17-29-23)18-22(20-8-3-1-4-9-20)21-10-5-2-6-11-21/h1-12,17,22H,13-16,18-19H2,(H,26,27). The molecule has 1 N–H and O–H groups in total. The van der Waals surface area contributed by atoms with E-state index in [2.05, 4.69) is 47.1 Å². The number of hydrogen-bond acceptors (Lipinski definition) is 3. The lowest BCUT2D eigenvalue weighted by molar-refractivity contribution is -0.121. The van der Waals surface area contributed by atoms with Gasteiger partial charge in [0.05, 0.1) is 0 Å². The van der Waals surface area contributed by atoms with Crippen LogP contribution in [0.1, 0.15) is 41.2 Å². The summed E-state index contributed by atoms with van der Waals surface area (Å²) in [6.45, 7) is 2.18. The molecule has 0 spiro atoms. The number of carbonyl (C=O) groups excluding carboxylic acids is 1. The second kappa shape index (κ2) is 9.38. The quantitative estimate of drug-likeness (QED) is 0.591. The van der Waals surface area contributed by atoms with Crippen molar-refractivity contribution >= 4 is 17.2 Å². The topological polar surface area (TPSA) is 38.3 Å². The second-order valence-electron chi connectivity index (χ2n) is 7.72. The Hall–Kier alpha value is -2.43. The Kier molecular flexibility index (Phi) is 6.43. The number of hydrogen-bond donors (Lipinski definition) is 1. The van der Waals surface area contributed by atoms with Gasteiger partial charge < -0.3 is 10.1 Å². The van der Waals surface area contributed by atoms with E-state index in [0.717, 1.165) is 26.1 Å². The van der Waals surface area contributed by atoms with E-state index in [9.17, 15) is 4.79 Å². The molecule has 2 heterocycles. The summed E-state index contributed by atoms with van der Waals surface area (Å²) < 4.78 is 5.60. The van der Waals surface area contributed by atoms with Crippen molar-refractivity contribution in [2.75, 3.05) is 19.8 Å². The van der Waals surface area contributed by atoms with Crippen LogP contribution in [0.3, 0.4) is 0 Å². The van der Waals surface area contributed by atoms with Gasteiger partial charge in [-0.1, -0.05) is 66.7 Å². The molecule has 4 heteroatoms. The van der Waals surface area contributed by atoms with Crippen molar-refractivity contribution < 1.29 is 9.53 Å². The zero-order valence-electron chi connectivity index (χ0n) is 16.6. The van der Waals surface area contributed by atoms with Gasteiger partial charge in [-0.3, -0.25) is 4.79 Å². The van der Waals surface area contributed by atoms with Crippen LogP contribution >= 0.6 is 11.3 Å². The number of ether oxygens (including phenoxy) is 1. The van der Waals surface area contributed by atoms with Gasteiger partial charge in [-0.15, -0.1) is 11.3 Å². The molecule has 0 aliphatic carbocycles. The number of nitrogens with one attached hydrogen (secondary N) is 1. The Balaban J connectivity index is 1.48. The highest BCUT2D eigenvalue weighted by molar-refractivity contribution is 7.10. The van der Waals surface area contributed by atoms with Crippen molar-refractivity contribution in [3.8, 4) is 0 Å². The summed E-state index contributed by atoms with van der Waals surface area (Å²) in [4.78, 5) is 14.4. The Morgan fingerprint density at radius 3 is 2.10 bits per heavy atom. The van der Waals surface area contributed by atoms with Crippen molar-refractivity contribution in [2.45, 2.75) is 30.6 Å². The minimum Gasteiger partial charge on any atom is -0.381 e. The maximum atomic E-state index is 13.0. The first-order valence-electron chi connectivity index (χ1n) is 10.3. The molecule has 3 nitrogen and oxygen atoms in total. The fraction of sp³-hybridized carbons (Fsp3) is 0.320. The molecule has 1 amide bonds. The molecule has 0 saturated carbocycles. The van der Waals surface area contributed by atoms with Crippen molar-refractivity contribution in [1.29, 1.82) is 0 Å². The third-order valence-corrected chi connectivity index (χ3v) is 7.03. The van der Waals surface area contributed by atoms with Gasteiger partial charge >= 0.3 is 0 Å². The molecule has 1 saturated heterocycles. The monoisotopic (exact) mass is 405 g/mol. The highest BCUT2D eigenvalue weighted by Crippen LogP contribution is 2.37. The number of carbonyl (C=O) groups is 1. The summed E-state index contributed by atoms with van der Waals surface area (Å²) in [5.41, 5.74) is 2.35. The number of thiophene rings is 1. The van der Waals surface area contributed by atoms with E-state index in [1.165, 1.54) is 16.0 Å². The molecule has 1 aromatic heterocycles. The van der Waals surface area contributed by atoms with Gasteiger partial charge in [0.1, 0.15) is 0 Å². The lowest BCUT2D eigenvalue weighted by Crippen LogP contribution is -2.44. The van der Waals surface area contributed by atoms with Gasteiger partial charge in [0, 0.05) is 42.4 Å². The van der Waals surface area contributed by atoms with Crippen molar-refractivity contribution in [2.24, 2.45) is 0 Å². The molecule has 2 aromatic carbocycles. The summed E-state index contributed by atoms with van der Waals surface area (Å²) in [6, 6.07) is 24.9. The van der Waals surface area contributed by atoms with Crippen molar-refractivity contribution in [3.05, 3.63) is 94.2 Å². The highest BCUT2D eigenvalue weighted by atomic mass is 32.1. The van der Waals surface area contributed by atoms with Crippen molar-refractivity contribution in [1.82, 2.24) is 5.32 Å². The molecule has 0 atom stereocenters. The van der Waals surface area contributed by atoms with Crippen LogP contribution in [0.4, 0.5) is 0 Å². The predicted molar refractivity (Wildman–Crippen MR) is 118 cm³/mol. The van der Waals surface area contributed by atoms with Crippen LogP contribution in [0.15, 0.2) is 78.2 Å². The molecule has 4 rings (SSSR count). The largest absolute Gasteiger partial charge is 0.381 e. The van der Waals surface area contributed by atoms with E-state index in [1.807, 2.05) is 36.4 Å². The van der Waals surface area contributed by atoms with E-state index < -0.39 is 0 Å². The summed E-state index contributed by atoms with van der Waals surface area (Å²) >= 11 is 1.78. The van der Waals surface area contributed by atoms with Crippen LogP contribution in [0.25, 0.3) is 0 Å². The fourth-order valence-corrected chi connectivity index (χ4v) is 5.16. The van der Waals surface area contributed by atoms with Crippen LogP contribution in [0.5, 0.6) is 0 Å². The third-order valence-electron chi connectivity index (χ3n) is 5.91. The molecule has 0 radical (unpaired) electrons. The normalized spacial score (nSPS) is 15.9. The van der Waals surface area contributed by atoms with E-state index in [1.54, 1.807) is 11.3 Å². The van der Waals surface area contributed by atoms with E-state index in [-0.39, 0.29) is 17.2 Å². The molecule has 0 bridgehead atoms. The zero-order chi connectivity index (χ0) is 19.9. The van der Waals surface area contributed by atoms with Crippen LogP contribution in [0.2, 0.25) is 0 Å². The predicted octanol–water partition coefficient (Wildman–Crippen LogP) is 5.13. The van der Waals surface area contributed by atoms with E-state index >= 15 is 0 Å². The Morgan fingerprint density at radius 1 is 0.931 bits per heavy atom. The molecular weight excluding hydrogens is 378 g/mol. The first kappa shape index (κ1) is 19.9. The molecule has 0 unspecified atom stereocenters. The Morgan fingerprint density at radius 2 is 1.55 bits per heavy atom. The molecule has 1 aliphatic rings. The number of rotatable bonds is 7. The average molecular weight is 406 g/mol. The smallest absolute Gasteiger partial charge is 0.220 e. The zero-order valence-corrected chi connectivity index (χ0v) is 17.4. The maximum Gasteiger partial charge on any atom is 0.220 e. The van der Waals surface area contributed by atoms with Crippen molar-refractivity contribution in [3.63, 3.8) is 0 Å². The maximum absolute atomic E-state index is 13.0. The summed E-state index contributed by atoms with van der Waals surface area (Å²) in [6.07, 6.45) is 2.36. The fourth-order valence-electron chi connectivity index (χ4n) is 4.18. The minimum atomic E-state index is -0.00291. The van der Waals surface area contributed by atoms with Gasteiger partial charge in [0.25, 0.3) is 0 Å². The highest BCUT2D eigenvalue weighted by Gasteiger charge is 2.36. The molecule has 150 valence electrons. The summed E-state index contributed by atoms with van der Waals surface area (Å²) in [5, 5.41) is 5.38. The number of amides is 1. The second-order valence-corrected chi connectivity index (χ2v) is 8.67. The summed E-state index contributed by atoms with van der Waals surface area (Å²) in [7, 11) is 0. The number of benzene rings is 2. The molecular formula is C25H27NO2S. The van der Waals surface area contributed by atoms with Crippen LogP contribution in [0, 0.1) is 0 Å². The molecule has 1 fully saturated rings. The van der Waals surface area contributed by atoms with Gasteiger partial charge in [-0.2, -0.15) is 0 Å². The Bertz CT molecular complexity index is 848. The first-order chi connectivity index (χ1) is 14.3. The van der Waals surface area contributed by atoms with Crippen LogP contribution < -0.4 is 5.32 Å². The third kappa shape index (κ3) is 4.77. The van der Waals surface area contributed by atoms with E-state index in [0.29, 0.717) is 13.0 Å². The van der Waals surface area contributed by atoms with Crippen LogP contribution in [-0.4, -0.2) is 25.7 Å². The Labute approximate surface area is 176 Å². The SMILES string of the molecule is O=C(CC(c1ccccc1)c1ccccc1)NCC1(c2cccs2)CCOCC1. The lowest BCUT2D eigenvalue weighted by atomic mass is 9.78. The molecule has 3 aromatic rings.